The number of fused-ring (bicyclic) bond motifs is 12. The van der Waals surface area contributed by atoms with Crippen LogP contribution in [-0.4, -0.2) is 33.0 Å². The van der Waals surface area contributed by atoms with Crippen LogP contribution in [-0.2, 0) is 9.47 Å². The highest BCUT2D eigenvalue weighted by molar-refractivity contribution is 5.04. The topological polar surface area (TPSA) is 58.9 Å². The second-order valence-corrected chi connectivity index (χ2v) is 19.6. The first-order chi connectivity index (χ1) is 21.7. The van der Waals surface area contributed by atoms with Gasteiger partial charge in [-0.3, -0.25) is 0 Å². The van der Waals surface area contributed by atoms with Crippen molar-refractivity contribution >= 4 is 0 Å². The van der Waals surface area contributed by atoms with Gasteiger partial charge in [-0.25, -0.2) is 0 Å². The summed E-state index contributed by atoms with van der Waals surface area (Å²) < 4.78 is 14.2. The molecule has 8 aliphatic carbocycles. The monoisotopic (exact) mass is 643 g/mol. The van der Waals surface area contributed by atoms with Crippen LogP contribution < -0.4 is 0 Å². The smallest absolute Gasteiger partial charge is 0.166 e. The van der Waals surface area contributed by atoms with Crippen LogP contribution in [0.4, 0.5) is 0 Å². The van der Waals surface area contributed by atoms with Crippen molar-refractivity contribution in [3.05, 3.63) is 0 Å². The molecule has 4 nitrogen and oxygen atoms in total. The van der Waals surface area contributed by atoms with E-state index in [4.69, 9.17) is 9.47 Å². The molecule has 8 fully saturated rings. The van der Waals surface area contributed by atoms with E-state index in [0.29, 0.717) is 28.1 Å². The summed E-state index contributed by atoms with van der Waals surface area (Å²) in [5.74, 6) is -0.687. The molecule has 4 heteroatoms. The molecule has 2 unspecified atom stereocenters. The third-order valence-electron chi connectivity index (χ3n) is 17.1. The van der Waals surface area contributed by atoms with Crippen molar-refractivity contribution in [2.75, 3.05) is 0 Å². The highest BCUT2D eigenvalue weighted by Gasteiger charge is 2.56. The zero-order chi connectivity index (χ0) is 33.0. The highest BCUT2D eigenvalue weighted by atomic mass is 16.6. The van der Waals surface area contributed by atoms with Gasteiger partial charge in [-0.2, -0.15) is 0 Å². The lowest BCUT2D eigenvalue weighted by molar-refractivity contribution is -0.320. The van der Waals surface area contributed by atoms with Gasteiger partial charge in [0.1, 0.15) is 0 Å². The van der Waals surface area contributed by atoms with E-state index in [-0.39, 0.29) is 16.6 Å². The first-order valence-electron chi connectivity index (χ1n) is 20.5. The Hall–Kier alpha value is -0.160. The first-order valence-corrected chi connectivity index (χ1v) is 20.5. The fourth-order valence-corrected chi connectivity index (χ4v) is 12.6. The summed E-state index contributed by atoms with van der Waals surface area (Å²) in [6.07, 6.45) is 29.2. The normalized spacial score (nSPS) is 52.2. The molecule has 8 aliphatic rings. The second-order valence-electron chi connectivity index (χ2n) is 19.6. The van der Waals surface area contributed by atoms with Crippen molar-refractivity contribution in [3.63, 3.8) is 0 Å². The van der Waals surface area contributed by atoms with E-state index in [1.165, 1.54) is 77.0 Å². The molecule has 266 valence electrons. The molecule has 0 aromatic rings. The van der Waals surface area contributed by atoms with Gasteiger partial charge in [0.25, 0.3) is 0 Å². The van der Waals surface area contributed by atoms with Crippen molar-refractivity contribution < 1.29 is 19.7 Å². The van der Waals surface area contributed by atoms with Gasteiger partial charge in [0.15, 0.2) is 11.6 Å². The number of ether oxygens (including phenoxy) is 2. The van der Waals surface area contributed by atoms with E-state index in [2.05, 4.69) is 41.5 Å². The maximum atomic E-state index is 12.1. The second kappa shape index (κ2) is 12.9. The molecule has 0 aromatic heterocycles. The molecule has 0 heterocycles. The van der Waals surface area contributed by atoms with Gasteiger partial charge in [0.05, 0.1) is 11.2 Å². The van der Waals surface area contributed by atoms with E-state index in [1.807, 2.05) is 0 Å². The molecule has 2 atom stereocenters. The van der Waals surface area contributed by atoms with Crippen LogP contribution >= 0.6 is 0 Å². The summed E-state index contributed by atoms with van der Waals surface area (Å²) in [6, 6.07) is 0. The lowest BCUT2D eigenvalue weighted by Gasteiger charge is -2.57. The maximum absolute atomic E-state index is 12.1. The van der Waals surface area contributed by atoms with Gasteiger partial charge >= 0.3 is 0 Å². The SMILES string of the molecule is CCC1(C)CCC2(OC3(O)CCC(C4CCC(O)(OC56CCCC(C)(CCC5)CCC6(C)CC)CC4)CC3)CCCC1(C)CCC2. The van der Waals surface area contributed by atoms with E-state index in [9.17, 15) is 10.2 Å². The minimum atomic E-state index is -0.980. The molecule has 4 bridgehead atoms. The third-order valence-corrected chi connectivity index (χ3v) is 17.1. The van der Waals surface area contributed by atoms with Crippen LogP contribution in [0.15, 0.2) is 0 Å². The van der Waals surface area contributed by atoms with Crippen LogP contribution in [0.3, 0.4) is 0 Å². The first kappa shape index (κ1) is 35.7. The summed E-state index contributed by atoms with van der Waals surface area (Å²) in [4.78, 5) is 0. The Bertz CT molecular complexity index is 1010. The van der Waals surface area contributed by atoms with Crippen LogP contribution in [0.2, 0.25) is 0 Å². The molecule has 8 saturated carbocycles. The quantitative estimate of drug-likeness (QED) is 0.271. The number of aliphatic hydroxyl groups is 2. The van der Waals surface area contributed by atoms with Gasteiger partial charge in [-0.1, -0.05) is 73.6 Å². The average Bonchev–Trinajstić information content (AvgIpc) is 3.00. The largest absolute Gasteiger partial charge is 0.365 e. The van der Waals surface area contributed by atoms with Crippen LogP contribution in [0.5, 0.6) is 0 Å². The Morgan fingerprint density at radius 2 is 0.935 bits per heavy atom. The summed E-state index contributed by atoms with van der Waals surface area (Å²) >= 11 is 0. The Labute approximate surface area is 283 Å². The standard InChI is InChI=1S/C42H74O4/c1-7-36(4)31-32-39(21-11-19-38(36,6)20-12-22-39)45-41(43)25-13-33(14-26-41)34-15-27-42(44,28-16-34)46-40-23-9-17-35(3,18-10-24-40)29-30-37(40,5)8-2/h33-34,43-44H,7-32H2,1-6H3. The van der Waals surface area contributed by atoms with E-state index >= 15 is 0 Å². The molecule has 0 aliphatic heterocycles. The fraction of sp³-hybridized carbons (Fsp3) is 1.00. The van der Waals surface area contributed by atoms with Gasteiger partial charge in [-0.15, -0.1) is 0 Å². The van der Waals surface area contributed by atoms with Crippen LogP contribution in [0, 0.1) is 33.5 Å². The molecular weight excluding hydrogens is 568 g/mol. The third kappa shape index (κ3) is 6.67. The van der Waals surface area contributed by atoms with Crippen molar-refractivity contribution in [1.29, 1.82) is 0 Å². The Balaban J connectivity index is 1.05. The van der Waals surface area contributed by atoms with E-state index in [0.717, 1.165) is 89.9 Å². The Morgan fingerprint density at radius 1 is 0.478 bits per heavy atom. The van der Waals surface area contributed by atoms with Crippen molar-refractivity contribution in [2.45, 2.75) is 231 Å². The molecule has 0 amide bonds. The van der Waals surface area contributed by atoms with Gasteiger partial charge < -0.3 is 19.7 Å². The van der Waals surface area contributed by atoms with Gasteiger partial charge in [0.2, 0.25) is 0 Å². The molecule has 46 heavy (non-hydrogen) atoms. The van der Waals surface area contributed by atoms with E-state index < -0.39 is 11.6 Å². The summed E-state index contributed by atoms with van der Waals surface area (Å²) in [6.45, 7) is 14.9. The predicted octanol–water partition coefficient (Wildman–Crippen LogP) is 11.4. The van der Waals surface area contributed by atoms with Crippen LogP contribution in [0.1, 0.15) is 208 Å². The minimum Gasteiger partial charge on any atom is -0.365 e. The average molecular weight is 643 g/mol. The zero-order valence-electron chi connectivity index (χ0n) is 31.3. The van der Waals surface area contributed by atoms with Gasteiger partial charge in [0, 0.05) is 25.7 Å². The zero-order valence-corrected chi connectivity index (χ0v) is 31.3. The fourth-order valence-electron chi connectivity index (χ4n) is 12.6. The molecule has 8 rings (SSSR count). The molecule has 0 spiro atoms. The predicted molar refractivity (Wildman–Crippen MR) is 188 cm³/mol. The lowest BCUT2D eigenvalue weighted by Crippen LogP contribution is -2.57. The minimum absolute atomic E-state index is 0.136. The number of hydrogen-bond donors (Lipinski definition) is 2. The summed E-state index contributed by atoms with van der Waals surface area (Å²) in [5, 5.41) is 24.0. The highest BCUT2D eigenvalue weighted by Crippen LogP contribution is 2.60. The molecular formula is C42H74O4. The van der Waals surface area contributed by atoms with Crippen molar-refractivity contribution in [1.82, 2.24) is 0 Å². The molecule has 2 N–H and O–H groups in total. The molecule has 0 radical (unpaired) electrons. The Kier molecular flexibility index (Phi) is 9.97. The summed E-state index contributed by atoms with van der Waals surface area (Å²) in [7, 11) is 0. The van der Waals surface area contributed by atoms with E-state index in [1.54, 1.807) is 0 Å². The molecule has 0 saturated heterocycles. The molecule has 0 aromatic carbocycles. The van der Waals surface area contributed by atoms with Crippen molar-refractivity contribution in [3.8, 4) is 0 Å². The number of hydrogen-bond acceptors (Lipinski definition) is 4. The summed E-state index contributed by atoms with van der Waals surface area (Å²) in [5.41, 5.74) is 1.12. The number of rotatable bonds is 7. The van der Waals surface area contributed by atoms with Crippen molar-refractivity contribution in [2.24, 2.45) is 33.5 Å². The lowest BCUT2D eigenvalue weighted by atomic mass is 9.53. The Morgan fingerprint density at radius 3 is 1.43 bits per heavy atom. The van der Waals surface area contributed by atoms with Crippen LogP contribution in [0.25, 0.3) is 0 Å². The van der Waals surface area contributed by atoms with Gasteiger partial charge in [-0.05, 0) is 143 Å². The maximum Gasteiger partial charge on any atom is 0.166 e.